The van der Waals surface area contributed by atoms with E-state index in [9.17, 15) is 27.3 Å². The highest BCUT2D eigenvalue weighted by atomic mass is 35.7. The maximum Gasteiger partial charge on any atom is 0.292 e. The Hall–Kier alpha value is -1.28. The highest BCUT2D eigenvalue weighted by Crippen LogP contribution is 2.30. The Morgan fingerprint density at radius 3 is 2.27 bits per heavy atom. The molecule has 0 aliphatic carbocycles. The molecule has 0 aromatic heterocycles. The topological polar surface area (TPSA) is 77.3 Å². The van der Waals surface area contributed by atoms with Crippen molar-refractivity contribution in [2.75, 3.05) is 0 Å². The fraction of sp³-hybridized carbons (Fsp3) is 0. The molecule has 0 atom stereocenters. The van der Waals surface area contributed by atoms with Crippen LogP contribution >= 0.6 is 10.7 Å². The van der Waals surface area contributed by atoms with E-state index in [0.29, 0.717) is 12.1 Å². The van der Waals surface area contributed by atoms with Crippen LogP contribution in [0.15, 0.2) is 17.0 Å². The van der Waals surface area contributed by atoms with Gasteiger partial charge in [-0.05, 0) is 6.07 Å². The second-order valence-electron chi connectivity index (χ2n) is 2.40. The molecule has 0 aliphatic rings. The minimum atomic E-state index is -4.72. The molecular weight excluding hydrogens is 256 g/mol. The van der Waals surface area contributed by atoms with Gasteiger partial charge in [-0.3, -0.25) is 10.1 Å². The third-order valence-corrected chi connectivity index (χ3v) is 2.81. The Kier molecular flexibility index (Phi) is 2.91. The van der Waals surface area contributed by atoms with Gasteiger partial charge in [0, 0.05) is 16.7 Å². The minimum Gasteiger partial charge on any atom is -0.258 e. The second kappa shape index (κ2) is 3.70. The van der Waals surface area contributed by atoms with Crippen molar-refractivity contribution < 1.29 is 22.1 Å². The monoisotopic (exact) mass is 257 g/mol. The largest absolute Gasteiger partial charge is 0.292 e. The maximum absolute atomic E-state index is 13.0. The summed E-state index contributed by atoms with van der Waals surface area (Å²) in [5.74, 6) is -3.39. The number of nitro benzene ring substituents is 1. The van der Waals surface area contributed by atoms with Crippen molar-refractivity contribution in [2.24, 2.45) is 0 Å². The zero-order valence-electron chi connectivity index (χ0n) is 6.78. The van der Waals surface area contributed by atoms with Crippen LogP contribution in [0, 0.1) is 21.7 Å². The van der Waals surface area contributed by atoms with Crippen LogP contribution in [0.25, 0.3) is 0 Å². The van der Waals surface area contributed by atoms with E-state index in [1.807, 2.05) is 0 Å². The van der Waals surface area contributed by atoms with Gasteiger partial charge in [0.2, 0.25) is 0 Å². The zero-order chi connectivity index (χ0) is 11.8. The highest BCUT2D eigenvalue weighted by Gasteiger charge is 2.30. The first-order valence-corrected chi connectivity index (χ1v) is 5.63. The van der Waals surface area contributed by atoms with Crippen LogP contribution in [0.2, 0.25) is 0 Å². The summed E-state index contributed by atoms with van der Waals surface area (Å²) >= 11 is 0. The third-order valence-electron chi connectivity index (χ3n) is 1.47. The lowest BCUT2D eigenvalue weighted by Gasteiger charge is -2.00. The molecule has 0 bridgehead atoms. The molecule has 0 unspecified atom stereocenters. The smallest absolute Gasteiger partial charge is 0.258 e. The summed E-state index contributed by atoms with van der Waals surface area (Å²) in [6.07, 6.45) is 0. The molecule has 1 aromatic rings. The Balaban J connectivity index is 3.72. The average molecular weight is 258 g/mol. The number of rotatable bonds is 2. The van der Waals surface area contributed by atoms with Crippen LogP contribution in [-0.4, -0.2) is 13.3 Å². The van der Waals surface area contributed by atoms with Crippen molar-refractivity contribution in [2.45, 2.75) is 4.90 Å². The van der Waals surface area contributed by atoms with Crippen LogP contribution < -0.4 is 0 Å². The summed E-state index contributed by atoms with van der Waals surface area (Å²) in [5, 5.41) is 10.3. The van der Waals surface area contributed by atoms with Crippen molar-refractivity contribution >= 4 is 25.4 Å². The van der Waals surface area contributed by atoms with E-state index in [4.69, 9.17) is 10.7 Å². The number of nitro groups is 1. The van der Waals surface area contributed by atoms with Crippen molar-refractivity contribution in [1.29, 1.82) is 0 Å². The Bertz CT molecular complexity index is 530. The molecule has 0 aliphatic heterocycles. The van der Waals surface area contributed by atoms with Gasteiger partial charge in [-0.15, -0.1) is 0 Å². The number of benzene rings is 1. The first-order valence-electron chi connectivity index (χ1n) is 3.32. The first kappa shape index (κ1) is 11.8. The van der Waals surface area contributed by atoms with Gasteiger partial charge in [0.1, 0.15) is 0 Å². The molecule has 0 saturated heterocycles. The van der Waals surface area contributed by atoms with Gasteiger partial charge < -0.3 is 0 Å². The lowest BCUT2D eigenvalue weighted by atomic mass is 10.3. The van der Waals surface area contributed by atoms with E-state index in [-0.39, 0.29) is 0 Å². The van der Waals surface area contributed by atoms with Crippen LogP contribution in [0.4, 0.5) is 14.5 Å². The zero-order valence-corrected chi connectivity index (χ0v) is 8.35. The SMILES string of the molecule is O=[N+]([O-])c1ccc(F)c(F)c1S(=O)(=O)Cl. The van der Waals surface area contributed by atoms with Crippen LogP contribution in [0.1, 0.15) is 0 Å². The molecule has 0 fully saturated rings. The first-order chi connectivity index (χ1) is 6.75. The molecule has 15 heavy (non-hydrogen) atoms. The van der Waals surface area contributed by atoms with E-state index in [2.05, 4.69) is 0 Å². The maximum atomic E-state index is 13.0. The lowest BCUT2D eigenvalue weighted by Crippen LogP contribution is -2.04. The summed E-state index contributed by atoms with van der Waals surface area (Å²) in [6, 6.07) is 0.965. The molecule has 0 amide bonds. The standard InChI is InChI=1S/C6H2ClF2NO4S/c7-15(13,14)6-4(10(11)12)2-1-3(8)5(6)9/h1-2H. The van der Waals surface area contributed by atoms with Gasteiger partial charge in [0.25, 0.3) is 14.7 Å². The number of halogens is 3. The quantitative estimate of drug-likeness (QED) is 0.460. The normalized spacial score (nSPS) is 11.4. The van der Waals surface area contributed by atoms with Crippen molar-refractivity contribution in [3.63, 3.8) is 0 Å². The molecule has 5 nitrogen and oxygen atoms in total. The second-order valence-corrected chi connectivity index (χ2v) is 4.91. The van der Waals surface area contributed by atoms with Gasteiger partial charge in [0.15, 0.2) is 16.5 Å². The number of nitrogens with zero attached hydrogens (tertiary/aromatic N) is 1. The third kappa shape index (κ3) is 2.21. The fourth-order valence-electron chi connectivity index (χ4n) is 0.898. The summed E-state index contributed by atoms with van der Waals surface area (Å²) < 4.78 is 47.2. The van der Waals surface area contributed by atoms with Crippen LogP contribution in [0.5, 0.6) is 0 Å². The van der Waals surface area contributed by atoms with E-state index < -0.39 is 36.2 Å². The summed E-state index contributed by atoms with van der Waals surface area (Å²) in [4.78, 5) is 7.69. The average Bonchev–Trinajstić information content (AvgIpc) is 2.06. The predicted octanol–water partition coefficient (Wildman–Crippen LogP) is 1.80. The van der Waals surface area contributed by atoms with E-state index in [1.165, 1.54) is 0 Å². The van der Waals surface area contributed by atoms with Crippen molar-refractivity contribution in [1.82, 2.24) is 0 Å². The summed E-state index contributed by atoms with van der Waals surface area (Å²) in [6.45, 7) is 0. The molecule has 0 N–H and O–H groups in total. The summed E-state index contributed by atoms with van der Waals surface area (Å²) in [5.41, 5.74) is -1.11. The highest BCUT2D eigenvalue weighted by molar-refractivity contribution is 8.13. The molecule has 0 spiro atoms. The lowest BCUT2D eigenvalue weighted by molar-refractivity contribution is -0.388. The van der Waals surface area contributed by atoms with Gasteiger partial charge in [0.05, 0.1) is 4.92 Å². The Morgan fingerprint density at radius 1 is 1.33 bits per heavy atom. The Labute approximate surface area is 86.8 Å². The molecule has 1 aromatic carbocycles. The molecule has 9 heteroatoms. The van der Waals surface area contributed by atoms with Gasteiger partial charge in [-0.1, -0.05) is 0 Å². The van der Waals surface area contributed by atoms with Crippen molar-refractivity contribution in [3.8, 4) is 0 Å². The van der Waals surface area contributed by atoms with Crippen molar-refractivity contribution in [3.05, 3.63) is 33.9 Å². The van der Waals surface area contributed by atoms with E-state index in [0.717, 1.165) is 0 Å². The van der Waals surface area contributed by atoms with E-state index in [1.54, 1.807) is 0 Å². The van der Waals surface area contributed by atoms with Gasteiger partial charge in [-0.25, -0.2) is 17.2 Å². The van der Waals surface area contributed by atoms with Gasteiger partial charge >= 0.3 is 0 Å². The van der Waals surface area contributed by atoms with Gasteiger partial charge in [-0.2, -0.15) is 0 Å². The molecule has 0 radical (unpaired) electrons. The molecule has 82 valence electrons. The van der Waals surface area contributed by atoms with Crippen LogP contribution in [-0.2, 0) is 9.05 Å². The molecule has 0 saturated carbocycles. The van der Waals surface area contributed by atoms with Crippen LogP contribution in [0.3, 0.4) is 0 Å². The minimum absolute atomic E-state index is 0.443. The molecule has 1 rings (SSSR count). The Morgan fingerprint density at radius 2 is 1.87 bits per heavy atom. The molecule has 0 heterocycles. The summed E-state index contributed by atoms with van der Waals surface area (Å²) in [7, 11) is 0.0300. The fourth-order valence-corrected chi connectivity index (χ4v) is 2.04. The predicted molar refractivity (Wildman–Crippen MR) is 46.1 cm³/mol. The number of hydrogen-bond donors (Lipinski definition) is 0. The molecular formula is C6H2ClF2NO4S. The van der Waals surface area contributed by atoms with E-state index >= 15 is 0 Å². The number of hydrogen-bond acceptors (Lipinski definition) is 4.